The fourth-order valence-corrected chi connectivity index (χ4v) is 4.14. The molecule has 1 aromatic heterocycles. The molecular formula is C24H22N2O4S. The van der Waals surface area contributed by atoms with E-state index in [1.165, 1.54) is 24.3 Å². The van der Waals surface area contributed by atoms with Gasteiger partial charge in [-0.2, -0.15) is 0 Å². The molecule has 2 aromatic carbocycles. The molecule has 0 bridgehead atoms. The van der Waals surface area contributed by atoms with Crippen LogP contribution in [0, 0.1) is 13.8 Å². The summed E-state index contributed by atoms with van der Waals surface area (Å²) in [5, 5.41) is 2.39. The first-order chi connectivity index (χ1) is 14.9. The molecule has 0 saturated carbocycles. The monoisotopic (exact) mass is 434 g/mol. The van der Waals surface area contributed by atoms with Crippen molar-refractivity contribution in [3.05, 3.63) is 70.2 Å². The molecule has 0 N–H and O–H groups in total. The van der Waals surface area contributed by atoms with Crippen molar-refractivity contribution in [1.29, 1.82) is 0 Å². The second-order valence-corrected chi connectivity index (χ2v) is 8.02. The van der Waals surface area contributed by atoms with Crippen molar-refractivity contribution in [1.82, 2.24) is 4.98 Å². The topological polar surface area (TPSA) is 68.7 Å². The quantitative estimate of drug-likeness (QED) is 0.412. The van der Waals surface area contributed by atoms with E-state index in [9.17, 15) is 9.59 Å². The molecule has 158 valence electrons. The highest BCUT2D eigenvalue weighted by molar-refractivity contribution is 7.14. The number of ether oxygens (including phenoxy) is 2. The van der Waals surface area contributed by atoms with E-state index < -0.39 is 0 Å². The summed E-state index contributed by atoms with van der Waals surface area (Å²) in [4.78, 5) is 31.1. The van der Waals surface area contributed by atoms with Crippen molar-refractivity contribution in [2.75, 3.05) is 18.1 Å². The maximum absolute atomic E-state index is 12.6. The predicted octanol–water partition coefficient (Wildman–Crippen LogP) is 5.11. The number of hydrogen-bond acceptors (Lipinski definition) is 6. The Bertz CT molecular complexity index is 1180. The van der Waals surface area contributed by atoms with Gasteiger partial charge in [0.15, 0.2) is 22.4 Å². The van der Waals surface area contributed by atoms with Crippen LogP contribution < -0.4 is 14.4 Å². The normalized spacial score (nSPS) is 12.7. The molecule has 6 nitrogen and oxygen atoms in total. The minimum absolute atomic E-state index is 0.120. The highest BCUT2D eigenvalue weighted by Gasteiger charge is 2.20. The van der Waals surface area contributed by atoms with Gasteiger partial charge in [-0.3, -0.25) is 14.5 Å². The standard InChI is InChI=1S/C24H22N2O4S/c1-15-5-4-6-20(16(15)2)26(17(3)27)24-25-19(14-31-24)8-9-21(28)18-7-10-22-23(13-18)30-12-11-29-22/h4-10,13-14H,11-12H2,1-3H3/b9-8+. The molecule has 4 rings (SSSR count). The van der Waals surface area contributed by atoms with Crippen LogP contribution in [0.5, 0.6) is 11.5 Å². The molecule has 1 aliphatic heterocycles. The molecule has 3 aromatic rings. The van der Waals surface area contributed by atoms with Crippen molar-refractivity contribution < 1.29 is 19.1 Å². The predicted molar refractivity (Wildman–Crippen MR) is 122 cm³/mol. The summed E-state index contributed by atoms with van der Waals surface area (Å²) in [6, 6.07) is 11.0. The zero-order valence-electron chi connectivity index (χ0n) is 17.5. The lowest BCUT2D eigenvalue weighted by Crippen LogP contribution is -2.23. The highest BCUT2D eigenvalue weighted by atomic mass is 32.1. The summed E-state index contributed by atoms with van der Waals surface area (Å²) >= 11 is 1.36. The van der Waals surface area contributed by atoms with Gasteiger partial charge in [-0.15, -0.1) is 11.3 Å². The third-order valence-electron chi connectivity index (χ3n) is 5.07. The van der Waals surface area contributed by atoms with Gasteiger partial charge < -0.3 is 9.47 Å². The van der Waals surface area contributed by atoms with E-state index in [1.807, 2.05) is 37.4 Å². The Balaban J connectivity index is 1.55. The minimum atomic E-state index is -0.163. The van der Waals surface area contributed by atoms with Crippen LogP contribution >= 0.6 is 11.3 Å². The van der Waals surface area contributed by atoms with Crippen molar-refractivity contribution >= 4 is 39.9 Å². The number of rotatable bonds is 5. The number of thiazole rings is 1. The van der Waals surface area contributed by atoms with Gasteiger partial charge in [0.25, 0.3) is 0 Å². The maximum atomic E-state index is 12.6. The fourth-order valence-electron chi connectivity index (χ4n) is 3.29. The SMILES string of the molecule is CC(=O)N(c1nc(/C=C/C(=O)c2ccc3c(c2)OCCO3)cs1)c1cccc(C)c1C. The zero-order valence-corrected chi connectivity index (χ0v) is 18.4. The van der Waals surface area contributed by atoms with Crippen molar-refractivity contribution in [3.8, 4) is 11.5 Å². The van der Waals surface area contributed by atoms with E-state index in [0.717, 1.165) is 16.8 Å². The van der Waals surface area contributed by atoms with Crippen LogP contribution in [0.2, 0.25) is 0 Å². The Hall–Kier alpha value is -3.45. The van der Waals surface area contributed by atoms with Gasteiger partial charge in [0, 0.05) is 17.9 Å². The number of aromatic nitrogens is 1. The lowest BCUT2D eigenvalue weighted by Gasteiger charge is -2.21. The molecule has 7 heteroatoms. The van der Waals surface area contributed by atoms with Crippen molar-refractivity contribution in [2.45, 2.75) is 20.8 Å². The van der Waals surface area contributed by atoms with E-state index in [-0.39, 0.29) is 11.7 Å². The largest absolute Gasteiger partial charge is 0.486 e. The maximum Gasteiger partial charge on any atom is 0.230 e. The van der Waals surface area contributed by atoms with Gasteiger partial charge in [0.05, 0.1) is 11.4 Å². The molecule has 0 spiro atoms. The molecule has 0 saturated heterocycles. The number of allylic oxidation sites excluding steroid dienone is 1. The van der Waals surface area contributed by atoms with Crippen LogP contribution in [0.3, 0.4) is 0 Å². The summed E-state index contributed by atoms with van der Waals surface area (Å²) in [5.41, 5.74) is 4.06. The van der Waals surface area contributed by atoms with E-state index in [4.69, 9.17) is 9.47 Å². The van der Waals surface area contributed by atoms with Gasteiger partial charge in [-0.25, -0.2) is 4.98 Å². The van der Waals surface area contributed by atoms with E-state index in [1.54, 1.807) is 29.2 Å². The van der Waals surface area contributed by atoms with Gasteiger partial charge in [0.2, 0.25) is 5.91 Å². The summed E-state index contributed by atoms with van der Waals surface area (Å²) in [6.07, 6.45) is 3.13. The molecule has 0 aliphatic carbocycles. The minimum Gasteiger partial charge on any atom is -0.486 e. The second-order valence-electron chi connectivity index (χ2n) is 7.18. The lowest BCUT2D eigenvalue weighted by molar-refractivity contribution is -0.115. The first-order valence-corrected chi connectivity index (χ1v) is 10.8. The molecule has 0 radical (unpaired) electrons. The number of benzene rings is 2. The third-order valence-corrected chi connectivity index (χ3v) is 5.91. The zero-order chi connectivity index (χ0) is 22.0. The van der Waals surface area contributed by atoms with Crippen LogP contribution in [0.15, 0.2) is 47.9 Å². The van der Waals surface area contributed by atoms with Crippen LogP contribution in [0.4, 0.5) is 10.8 Å². The van der Waals surface area contributed by atoms with Gasteiger partial charge in [-0.05, 0) is 61.4 Å². The number of fused-ring (bicyclic) bond motifs is 1. The van der Waals surface area contributed by atoms with Gasteiger partial charge >= 0.3 is 0 Å². The first kappa shape index (κ1) is 20.8. The molecule has 31 heavy (non-hydrogen) atoms. The number of aryl methyl sites for hydroxylation is 1. The molecular weight excluding hydrogens is 412 g/mol. The molecule has 0 unspecified atom stereocenters. The van der Waals surface area contributed by atoms with Crippen LogP contribution in [0.1, 0.15) is 34.1 Å². The number of nitrogens with zero attached hydrogens (tertiary/aromatic N) is 2. The molecule has 1 amide bonds. The molecule has 0 atom stereocenters. The van der Waals surface area contributed by atoms with E-state index >= 15 is 0 Å². The average Bonchev–Trinajstić information content (AvgIpc) is 3.23. The summed E-state index contributed by atoms with van der Waals surface area (Å²) in [6.45, 7) is 6.49. The smallest absolute Gasteiger partial charge is 0.230 e. The lowest BCUT2D eigenvalue weighted by atomic mass is 10.1. The van der Waals surface area contributed by atoms with Crippen LogP contribution in [-0.2, 0) is 4.79 Å². The highest BCUT2D eigenvalue weighted by Crippen LogP contribution is 2.33. The van der Waals surface area contributed by atoms with Crippen molar-refractivity contribution in [3.63, 3.8) is 0 Å². The summed E-state index contributed by atoms with van der Waals surface area (Å²) in [5.74, 6) is 0.939. The number of ketones is 1. The number of anilines is 2. The Morgan fingerprint density at radius 3 is 2.65 bits per heavy atom. The van der Waals surface area contributed by atoms with Crippen LogP contribution in [0.25, 0.3) is 6.08 Å². The Morgan fingerprint density at radius 2 is 1.87 bits per heavy atom. The van der Waals surface area contributed by atoms with Gasteiger partial charge in [-0.1, -0.05) is 12.1 Å². The Kier molecular flexibility index (Phi) is 5.86. The first-order valence-electron chi connectivity index (χ1n) is 9.88. The number of hydrogen-bond donors (Lipinski definition) is 0. The van der Waals surface area contributed by atoms with Crippen molar-refractivity contribution in [2.24, 2.45) is 0 Å². The van der Waals surface area contributed by atoms with Crippen LogP contribution in [-0.4, -0.2) is 29.9 Å². The molecule has 0 fully saturated rings. The summed E-state index contributed by atoms with van der Waals surface area (Å²) < 4.78 is 11.0. The molecule has 2 heterocycles. The average molecular weight is 435 g/mol. The summed E-state index contributed by atoms with van der Waals surface area (Å²) in [7, 11) is 0. The van der Waals surface area contributed by atoms with E-state index in [0.29, 0.717) is 41.1 Å². The van der Waals surface area contributed by atoms with Gasteiger partial charge in [0.1, 0.15) is 13.2 Å². The van der Waals surface area contributed by atoms with E-state index in [2.05, 4.69) is 4.98 Å². The number of carbonyl (C=O) groups is 2. The number of amides is 1. The fraction of sp³-hybridized carbons (Fsp3) is 0.208. The molecule has 1 aliphatic rings. The Morgan fingerprint density at radius 1 is 1.10 bits per heavy atom. The third kappa shape index (κ3) is 4.36. The second kappa shape index (κ2) is 8.73. The number of carbonyl (C=O) groups excluding carboxylic acids is 2. The Labute approximate surface area is 184 Å².